The van der Waals surface area contributed by atoms with E-state index in [1.165, 1.54) is 45.6 Å². The molecular weight excluding hydrogens is 220 g/mol. The molecule has 0 spiro atoms. The van der Waals surface area contributed by atoms with Crippen molar-refractivity contribution in [2.75, 3.05) is 7.11 Å². The van der Waals surface area contributed by atoms with Crippen molar-refractivity contribution in [3.05, 3.63) is 0 Å². The Labute approximate surface area is 105 Å². The Hall–Kier alpha value is -0.160. The van der Waals surface area contributed by atoms with Crippen molar-refractivity contribution in [3.63, 3.8) is 0 Å². The van der Waals surface area contributed by atoms with Crippen LogP contribution in [0.4, 0.5) is 0 Å². The van der Waals surface area contributed by atoms with Crippen LogP contribution in [0.25, 0.3) is 0 Å². The molecule has 0 saturated heterocycles. The van der Waals surface area contributed by atoms with Crippen molar-refractivity contribution < 1.29 is 19.9 Å². The van der Waals surface area contributed by atoms with Crippen LogP contribution in [0.3, 0.4) is 0 Å². The van der Waals surface area contributed by atoms with Gasteiger partial charge in [-0.25, -0.2) is 4.89 Å². The first kappa shape index (κ1) is 16.8. The van der Waals surface area contributed by atoms with Gasteiger partial charge in [0.2, 0.25) is 0 Å². The average Bonchev–Trinajstić information content (AvgIpc) is 2.28. The second-order valence-corrected chi connectivity index (χ2v) is 5.02. The van der Waals surface area contributed by atoms with E-state index < -0.39 is 0 Å². The Bertz CT molecular complexity index is 159. The molecule has 4 nitrogen and oxygen atoms in total. The topological polar surface area (TPSA) is 36.9 Å². The molecule has 0 aromatic carbocycles. The minimum Gasteiger partial charge on any atom is -0.207 e. The molecule has 0 rings (SSSR count). The lowest BCUT2D eigenvalue weighted by Crippen LogP contribution is -2.24. The van der Waals surface area contributed by atoms with E-state index in [0.29, 0.717) is 0 Å². The van der Waals surface area contributed by atoms with Gasteiger partial charge < -0.3 is 0 Å². The number of unbranched alkanes of at least 4 members (excludes halogenated alkanes) is 6. The lowest BCUT2D eigenvalue weighted by molar-refractivity contribution is -0.644. The van der Waals surface area contributed by atoms with Gasteiger partial charge in [0.05, 0.1) is 7.11 Å². The van der Waals surface area contributed by atoms with Gasteiger partial charge in [-0.3, -0.25) is 0 Å². The lowest BCUT2D eigenvalue weighted by atomic mass is 9.99. The second-order valence-electron chi connectivity index (χ2n) is 5.02. The Morgan fingerprint density at radius 2 is 1.41 bits per heavy atom. The van der Waals surface area contributed by atoms with Crippen LogP contribution in [0.1, 0.15) is 72.1 Å². The average molecular weight is 248 g/mol. The zero-order valence-electron chi connectivity index (χ0n) is 11.8. The van der Waals surface area contributed by atoms with Crippen molar-refractivity contribution in [1.29, 1.82) is 0 Å². The zero-order chi connectivity index (χ0) is 13.0. The Morgan fingerprint density at radius 3 is 2.00 bits per heavy atom. The summed E-state index contributed by atoms with van der Waals surface area (Å²) in [4.78, 5) is 9.34. The van der Waals surface area contributed by atoms with Crippen LogP contribution < -0.4 is 0 Å². The van der Waals surface area contributed by atoms with Crippen molar-refractivity contribution in [2.45, 2.75) is 77.7 Å². The molecule has 0 heterocycles. The van der Waals surface area contributed by atoms with Gasteiger partial charge in [-0.2, -0.15) is 4.89 Å². The third-order valence-electron chi connectivity index (χ3n) is 2.74. The highest BCUT2D eigenvalue weighted by Crippen LogP contribution is 2.19. The third kappa shape index (κ3) is 12.1. The summed E-state index contributed by atoms with van der Waals surface area (Å²) in [5, 5.41) is 8.65. The molecule has 0 N–H and O–H groups in total. The standard InChI is InChI=1S/C13H28O4/c1-5-6-7-8-9-10-11-12-13(2,3)15-17-16-14-4/h5-12H2,1-4H3. The predicted octanol–water partition coefficient (Wildman–Crippen LogP) is 4.35. The monoisotopic (exact) mass is 248 g/mol. The highest BCUT2D eigenvalue weighted by atomic mass is 17.7. The number of hydrogen-bond acceptors (Lipinski definition) is 4. The van der Waals surface area contributed by atoms with Gasteiger partial charge in [0.1, 0.15) is 5.60 Å². The first-order valence-corrected chi connectivity index (χ1v) is 6.67. The predicted molar refractivity (Wildman–Crippen MR) is 67.0 cm³/mol. The lowest BCUT2D eigenvalue weighted by Gasteiger charge is -2.21. The van der Waals surface area contributed by atoms with Crippen LogP contribution >= 0.6 is 0 Å². The number of hydrogen-bond donors (Lipinski definition) is 0. The highest BCUT2D eigenvalue weighted by molar-refractivity contribution is 4.66. The summed E-state index contributed by atoms with van der Waals surface area (Å²) in [6.45, 7) is 6.19. The summed E-state index contributed by atoms with van der Waals surface area (Å²) in [5.41, 5.74) is -0.331. The van der Waals surface area contributed by atoms with E-state index in [0.717, 1.165) is 12.8 Å². The van der Waals surface area contributed by atoms with E-state index in [4.69, 9.17) is 4.89 Å². The fourth-order valence-electron chi connectivity index (χ4n) is 1.68. The van der Waals surface area contributed by atoms with Crippen LogP contribution in [-0.4, -0.2) is 12.7 Å². The molecule has 0 unspecified atom stereocenters. The van der Waals surface area contributed by atoms with E-state index >= 15 is 0 Å². The largest absolute Gasteiger partial charge is 0.207 e. The Kier molecular flexibility index (Phi) is 10.9. The quantitative estimate of drug-likeness (QED) is 0.292. The van der Waals surface area contributed by atoms with Gasteiger partial charge in [0.15, 0.2) is 0 Å². The SMILES string of the molecule is CCCCCCCCCC(C)(C)OOOOC. The van der Waals surface area contributed by atoms with Crippen LogP contribution in [0.15, 0.2) is 0 Å². The molecule has 104 valence electrons. The molecule has 4 heteroatoms. The van der Waals surface area contributed by atoms with E-state index in [2.05, 4.69) is 21.9 Å². The molecule has 0 radical (unpaired) electrons. The Balaban J connectivity index is 3.32. The molecule has 0 atom stereocenters. The maximum atomic E-state index is 5.07. The smallest absolute Gasteiger partial charge is 0.101 e. The maximum absolute atomic E-state index is 5.07. The summed E-state index contributed by atoms with van der Waals surface area (Å²) in [7, 11) is 1.37. The van der Waals surface area contributed by atoms with Crippen molar-refractivity contribution in [1.82, 2.24) is 0 Å². The maximum Gasteiger partial charge on any atom is 0.101 e. The van der Waals surface area contributed by atoms with Gasteiger partial charge in [-0.1, -0.05) is 51.9 Å². The third-order valence-corrected chi connectivity index (χ3v) is 2.74. The molecule has 0 aliphatic rings. The summed E-state index contributed by atoms with van der Waals surface area (Å²) in [6.07, 6.45) is 10.0. The van der Waals surface area contributed by atoms with Crippen molar-refractivity contribution >= 4 is 0 Å². The molecular formula is C13H28O4. The molecule has 0 saturated carbocycles. The van der Waals surface area contributed by atoms with E-state index in [1.807, 2.05) is 13.8 Å². The van der Waals surface area contributed by atoms with E-state index in [9.17, 15) is 0 Å². The van der Waals surface area contributed by atoms with E-state index in [-0.39, 0.29) is 5.60 Å². The van der Waals surface area contributed by atoms with Gasteiger partial charge in [0, 0.05) is 0 Å². The molecule has 0 aromatic heterocycles. The summed E-state index contributed by atoms with van der Waals surface area (Å²) in [6, 6.07) is 0. The van der Waals surface area contributed by atoms with Gasteiger partial charge in [-0.15, -0.1) is 0 Å². The fraction of sp³-hybridized carbons (Fsp3) is 1.00. The van der Waals surface area contributed by atoms with E-state index in [1.54, 1.807) is 0 Å². The van der Waals surface area contributed by atoms with Crippen molar-refractivity contribution in [3.8, 4) is 0 Å². The first-order valence-electron chi connectivity index (χ1n) is 6.67. The minimum absolute atomic E-state index is 0.331. The number of rotatable bonds is 12. The minimum atomic E-state index is -0.331. The fourth-order valence-corrected chi connectivity index (χ4v) is 1.68. The summed E-state index contributed by atoms with van der Waals surface area (Å²) >= 11 is 0. The molecule has 0 aliphatic heterocycles. The summed E-state index contributed by atoms with van der Waals surface area (Å²) in [5.74, 6) is 0. The normalized spacial score (nSPS) is 12.0. The van der Waals surface area contributed by atoms with Crippen LogP contribution in [0, 0.1) is 0 Å². The van der Waals surface area contributed by atoms with Crippen LogP contribution in [0.5, 0.6) is 0 Å². The molecule has 0 amide bonds. The zero-order valence-corrected chi connectivity index (χ0v) is 11.8. The van der Waals surface area contributed by atoms with Crippen LogP contribution in [-0.2, 0) is 19.9 Å². The molecule has 17 heavy (non-hydrogen) atoms. The van der Waals surface area contributed by atoms with Gasteiger partial charge >= 0.3 is 0 Å². The summed E-state index contributed by atoms with van der Waals surface area (Å²) < 4.78 is 0. The highest BCUT2D eigenvalue weighted by Gasteiger charge is 2.20. The molecule has 0 aliphatic carbocycles. The molecule has 0 aromatic rings. The first-order chi connectivity index (χ1) is 8.12. The molecule has 0 fully saturated rings. The van der Waals surface area contributed by atoms with Crippen LogP contribution in [0.2, 0.25) is 0 Å². The second kappa shape index (κ2) is 11.0. The molecule has 0 bridgehead atoms. The Morgan fingerprint density at radius 1 is 0.824 bits per heavy atom. The van der Waals surface area contributed by atoms with Gasteiger partial charge in [0.25, 0.3) is 0 Å². The van der Waals surface area contributed by atoms with Gasteiger partial charge in [-0.05, 0) is 30.3 Å². The van der Waals surface area contributed by atoms with Crippen molar-refractivity contribution in [2.24, 2.45) is 0 Å².